The van der Waals surface area contributed by atoms with Crippen LogP contribution in [0.5, 0.6) is 0 Å². The van der Waals surface area contributed by atoms with E-state index < -0.39 is 0 Å². The zero-order valence-electron chi connectivity index (χ0n) is 9.33. The zero-order chi connectivity index (χ0) is 11.4. The molecule has 2 fully saturated rings. The van der Waals surface area contributed by atoms with Crippen LogP contribution in [0.3, 0.4) is 0 Å². The van der Waals surface area contributed by atoms with E-state index in [-0.39, 0.29) is 17.9 Å². The van der Waals surface area contributed by atoms with Crippen molar-refractivity contribution in [3.05, 3.63) is 0 Å². The molecule has 2 heterocycles. The number of carbonyl (C=O) groups excluding carboxylic acids is 2. The summed E-state index contributed by atoms with van der Waals surface area (Å²) in [6.07, 6.45) is 4.06. The van der Waals surface area contributed by atoms with E-state index in [1.807, 2.05) is 0 Å². The van der Waals surface area contributed by atoms with E-state index in [4.69, 9.17) is 4.74 Å². The predicted molar refractivity (Wildman–Crippen MR) is 57.8 cm³/mol. The Hall–Kier alpha value is -0.940. The molecule has 0 aromatic carbocycles. The summed E-state index contributed by atoms with van der Waals surface area (Å²) >= 11 is 0. The second-order valence-corrected chi connectivity index (χ2v) is 4.41. The number of hydrogen-bond acceptors (Lipinski definition) is 4. The van der Waals surface area contributed by atoms with Crippen LogP contribution in [0.2, 0.25) is 0 Å². The maximum absolute atomic E-state index is 11.5. The molecule has 2 N–H and O–H groups in total. The standard InChI is InChI=1S/C11H18N2O3/c14-10-4-3-9(11(15)13-10)12-8-2-1-6-16-7-5-8/h8-9,12H,1-7H2,(H,13,14,15). The molecule has 0 aromatic rings. The summed E-state index contributed by atoms with van der Waals surface area (Å²) in [5.74, 6) is -0.339. The van der Waals surface area contributed by atoms with Gasteiger partial charge in [-0.25, -0.2) is 0 Å². The zero-order valence-corrected chi connectivity index (χ0v) is 9.33. The fraction of sp³-hybridized carbons (Fsp3) is 0.818. The molecule has 16 heavy (non-hydrogen) atoms. The smallest absolute Gasteiger partial charge is 0.243 e. The second-order valence-electron chi connectivity index (χ2n) is 4.41. The molecule has 5 heteroatoms. The van der Waals surface area contributed by atoms with Gasteiger partial charge in [0.15, 0.2) is 0 Å². The number of ether oxygens (including phenoxy) is 1. The normalized spacial score (nSPS) is 32.0. The van der Waals surface area contributed by atoms with Crippen molar-refractivity contribution in [1.82, 2.24) is 10.6 Å². The van der Waals surface area contributed by atoms with Gasteiger partial charge in [-0.3, -0.25) is 14.9 Å². The van der Waals surface area contributed by atoms with Gasteiger partial charge in [-0.1, -0.05) is 0 Å². The summed E-state index contributed by atoms with van der Waals surface area (Å²) in [5, 5.41) is 5.69. The van der Waals surface area contributed by atoms with Gasteiger partial charge in [0.25, 0.3) is 0 Å². The van der Waals surface area contributed by atoms with Crippen LogP contribution in [0.15, 0.2) is 0 Å². The van der Waals surface area contributed by atoms with Crippen LogP contribution in [0.25, 0.3) is 0 Å². The number of nitrogens with one attached hydrogen (secondary N) is 2. The van der Waals surface area contributed by atoms with Gasteiger partial charge < -0.3 is 10.1 Å². The summed E-state index contributed by atoms with van der Waals surface area (Å²) < 4.78 is 5.36. The van der Waals surface area contributed by atoms with Crippen molar-refractivity contribution in [2.45, 2.75) is 44.2 Å². The van der Waals surface area contributed by atoms with Crippen LogP contribution in [0, 0.1) is 0 Å². The molecule has 2 aliphatic heterocycles. The molecule has 2 saturated heterocycles. The van der Waals surface area contributed by atoms with Gasteiger partial charge in [-0.05, 0) is 25.7 Å². The third kappa shape index (κ3) is 3.02. The van der Waals surface area contributed by atoms with E-state index in [9.17, 15) is 9.59 Å². The lowest BCUT2D eigenvalue weighted by Gasteiger charge is -2.26. The first kappa shape index (κ1) is 11.5. The summed E-state index contributed by atoms with van der Waals surface area (Å²) in [5.41, 5.74) is 0. The average molecular weight is 226 g/mol. The molecule has 0 bridgehead atoms. The van der Waals surface area contributed by atoms with E-state index in [2.05, 4.69) is 10.6 Å². The van der Waals surface area contributed by atoms with Gasteiger partial charge in [0.2, 0.25) is 11.8 Å². The Morgan fingerprint density at radius 2 is 2.06 bits per heavy atom. The van der Waals surface area contributed by atoms with Crippen LogP contribution in [0.4, 0.5) is 0 Å². The van der Waals surface area contributed by atoms with E-state index in [0.717, 1.165) is 32.5 Å². The summed E-state index contributed by atoms with van der Waals surface area (Å²) in [6.45, 7) is 1.57. The molecular formula is C11H18N2O3. The third-order valence-corrected chi connectivity index (χ3v) is 3.13. The Balaban J connectivity index is 1.83. The van der Waals surface area contributed by atoms with E-state index in [1.54, 1.807) is 0 Å². The topological polar surface area (TPSA) is 67.4 Å². The fourth-order valence-corrected chi connectivity index (χ4v) is 2.21. The third-order valence-electron chi connectivity index (χ3n) is 3.13. The monoisotopic (exact) mass is 226 g/mol. The van der Waals surface area contributed by atoms with Gasteiger partial charge in [-0.15, -0.1) is 0 Å². The largest absolute Gasteiger partial charge is 0.381 e. The van der Waals surface area contributed by atoms with Crippen molar-refractivity contribution in [2.75, 3.05) is 13.2 Å². The lowest BCUT2D eigenvalue weighted by atomic mass is 10.0. The van der Waals surface area contributed by atoms with Crippen molar-refractivity contribution in [1.29, 1.82) is 0 Å². The van der Waals surface area contributed by atoms with Crippen molar-refractivity contribution < 1.29 is 14.3 Å². The Morgan fingerprint density at radius 1 is 1.19 bits per heavy atom. The number of carbonyl (C=O) groups is 2. The van der Waals surface area contributed by atoms with E-state index in [0.29, 0.717) is 18.9 Å². The van der Waals surface area contributed by atoms with Gasteiger partial charge >= 0.3 is 0 Å². The highest BCUT2D eigenvalue weighted by Crippen LogP contribution is 2.12. The molecule has 0 spiro atoms. The van der Waals surface area contributed by atoms with Crippen molar-refractivity contribution in [3.8, 4) is 0 Å². The van der Waals surface area contributed by atoms with Crippen molar-refractivity contribution in [3.63, 3.8) is 0 Å². The van der Waals surface area contributed by atoms with Crippen LogP contribution in [-0.2, 0) is 14.3 Å². The minimum Gasteiger partial charge on any atom is -0.381 e. The maximum Gasteiger partial charge on any atom is 0.243 e. The average Bonchev–Trinajstić information content (AvgIpc) is 2.51. The molecule has 2 rings (SSSR count). The molecule has 2 unspecified atom stereocenters. The van der Waals surface area contributed by atoms with Gasteiger partial charge in [-0.2, -0.15) is 0 Å². The van der Waals surface area contributed by atoms with Crippen molar-refractivity contribution >= 4 is 11.8 Å². The number of imide groups is 1. The molecule has 5 nitrogen and oxygen atoms in total. The number of piperidine rings is 1. The van der Waals surface area contributed by atoms with E-state index >= 15 is 0 Å². The molecule has 0 aliphatic carbocycles. The highest BCUT2D eigenvalue weighted by Gasteiger charge is 2.28. The first-order valence-corrected chi connectivity index (χ1v) is 5.93. The van der Waals surface area contributed by atoms with Gasteiger partial charge in [0.05, 0.1) is 6.04 Å². The Kier molecular flexibility index (Phi) is 3.90. The Morgan fingerprint density at radius 3 is 2.88 bits per heavy atom. The highest BCUT2D eigenvalue weighted by molar-refractivity contribution is 6.00. The molecular weight excluding hydrogens is 208 g/mol. The highest BCUT2D eigenvalue weighted by atomic mass is 16.5. The molecule has 2 aliphatic rings. The van der Waals surface area contributed by atoms with Gasteiger partial charge in [0, 0.05) is 25.7 Å². The van der Waals surface area contributed by atoms with Crippen molar-refractivity contribution in [2.24, 2.45) is 0 Å². The Bertz CT molecular complexity index is 272. The molecule has 0 saturated carbocycles. The summed E-state index contributed by atoms with van der Waals surface area (Å²) in [7, 11) is 0. The van der Waals surface area contributed by atoms with Crippen LogP contribution in [-0.4, -0.2) is 37.1 Å². The van der Waals surface area contributed by atoms with Crippen LogP contribution >= 0.6 is 0 Å². The predicted octanol–water partition coefficient (Wildman–Crippen LogP) is -0.0497. The van der Waals surface area contributed by atoms with Gasteiger partial charge in [0.1, 0.15) is 0 Å². The Labute approximate surface area is 94.9 Å². The maximum atomic E-state index is 11.5. The number of rotatable bonds is 2. The number of amides is 2. The lowest BCUT2D eigenvalue weighted by Crippen LogP contribution is -2.53. The SMILES string of the molecule is O=C1CCC(NC2CCCOCC2)C(=O)N1. The minimum absolute atomic E-state index is 0.160. The first-order chi connectivity index (χ1) is 7.75. The quantitative estimate of drug-likeness (QED) is 0.648. The van der Waals surface area contributed by atoms with E-state index in [1.165, 1.54) is 0 Å². The molecule has 2 atom stereocenters. The fourth-order valence-electron chi connectivity index (χ4n) is 2.21. The second kappa shape index (κ2) is 5.41. The molecule has 90 valence electrons. The molecule has 0 aromatic heterocycles. The number of hydrogen-bond donors (Lipinski definition) is 2. The molecule has 0 radical (unpaired) electrons. The van der Waals surface area contributed by atoms with Crippen LogP contribution < -0.4 is 10.6 Å². The van der Waals surface area contributed by atoms with Crippen LogP contribution in [0.1, 0.15) is 32.1 Å². The summed E-state index contributed by atoms with van der Waals surface area (Å²) in [4.78, 5) is 22.5. The minimum atomic E-state index is -0.208. The summed E-state index contributed by atoms with van der Waals surface area (Å²) in [6, 6.07) is 0.132. The lowest BCUT2D eigenvalue weighted by molar-refractivity contribution is -0.134. The first-order valence-electron chi connectivity index (χ1n) is 5.93. The molecule has 2 amide bonds.